The Kier molecular flexibility index (Phi) is 3.35. The van der Waals surface area contributed by atoms with Crippen LogP contribution in [0.25, 0.3) is 10.2 Å². The average Bonchev–Trinajstić information content (AvgIpc) is 2.69. The van der Waals surface area contributed by atoms with Crippen molar-refractivity contribution in [2.24, 2.45) is 0 Å². The summed E-state index contributed by atoms with van der Waals surface area (Å²) in [4.78, 5) is 14.8. The van der Waals surface area contributed by atoms with Crippen molar-refractivity contribution < 1.29 is 19.7 Å². The number of ether oxygens (including phenoxy) is 1. The van der Waals surface area contributed by atoms with Crippen LogP contribution in [-0.2, 0) is 0 Å². The molecule has 0 aliphatic rings. The Balaban J connectivity index is 2.62. The number of hydrogen-bond acceptors (Lipinski definition) is 5. The van der Waals surface area contributed by atoms with Gasteiger partial charge in [0.2, 0.25) is 0 Å². The van der Waals surface area contributed by atoms with Gasteiger partial charge in [0.25, 0.3) is 0 Å². The first-order valence-corrected chi connectivity index (χ1v) is 6.00. The van der Waals surface area contributed by atoms with E-state index in [4.69, 9.17) is 9.84 Å². The van der Waals surface area contributed by atoms with E-state index in [0.717, 1.165) is 0 Å². The second-order valence-corrected chi connectivity index (χ2v) is 4.66. The fraction of sp³-hybridized carbons (Fsp3) is 0.273. The van der Waals surface area contributed by atoms with Crippen molar-refractivity contribution in [3.8, 4) is 5.75 Å². The van der Waals surface area contributed by atoms with Crippen molar-refractivity contribution in [3.05, 3.63) is 17.7 Å². The van der Waals surface area contributed by atoms with Crippen molar-refractivity contribution in [2.75, 3.05) is 12.4 Å². The van der Waals surface area contributed by atoms with Gasteiger partial charge in [-0.1, -0.05) is 17.4 Å². The van der Waals surface area contributed by atoms with Crippen LogP contribution in [0.4, 0.5) is 9.93 Å². The highest BCUT2D eigenvalue weighted by molar-refractivity contribution is 7.22. The molecule has 1 atom stereocenters. The van der Waals surface area contributed by atoms with Crippen LogP contribution >= 0.6 is 11.3 Å². The zero-order chi connectivity index (χ0) is 13.3. The standard InChI is InChI=1S/C11H12N2O4S/c1-5(14)6-3-4-7(17-2)8-9(6)18-10(12-8)13-11(15)16/h3-5,14H,1-2H3,(H,12,13)(H,15,16). The minimum atomic E-state index is -1.17. The fourth-order valence-electron chi connectivity index (χ4n) is 1.64. The zero-order valence-corrected chi connectivity index (χ0v) is 10.6. The third kappa shape index (κ3) is 2.22. The molecule has 0 saturated heterocycles. The molecular formula is C11H12N2O4S. The second-order valence-electron chi connectivity index (χ2n) is 3.66. The van der Waals surface area contributed by atoms with Gasteiger partial charge in [0, 0.05) is 5.56 Å². The van der Waals surface area contributed by atoms with E-state index in [-0.39, 0.29) is 5.13 Å². The lowest BCUT2D eigenvalue weighted by molar-refractivity contribution is 0.201. The summed E-state index contributed by atoms with van der Waals surface area (Å²) in [5.41, 5.74) is 1.24. The van der Waals surface area contributed by atoms with E-state index in [9.17, 15) is 9.90 Å². The summed E-state index contributed by atoms with van der Waals surface area (Å²) in [6.07, 6.45) is -1.83. The van der Waals surface area contributed by atoms with Gasteiger partial charge in [-0.15, -0.1) is 0 Å². The maximum absolute atomic E-state index is 10.6. The van der Waals surface area contributed by atoms with Crippen molar-refractivity contribution >= 4 is 32.8 Å². The summed E-state index contributed by atoms with van der Waals surface area (Å²) in [6, 6.07) is 3.45. The van der Waals surface area contributed by atoms with Crippen LogP contribution in [0.3, 0.4) is 0 Å². The van der Waals surface area contributed by atoms with Crippen molar-refractivity contribution in [3.63, 3.8) is 0 Å². The highest BCUT2D eigenvalue weighted by Gasteiger charge is 2.16. The second kappa shape index (κ2) is 4.79. The van der Waals surface area contributed by atoms with E-state index in [2.05, 4.69) is 10.3 Å². The van der Waals surface area contributed by atoms with E-state index in [1.165, 1.54) is 18.4 Å². The smallest absolute Gasteiger partial charge is 0.410 e. The van der Waals surface area contributed by atoms with Gasteiger partial charge in [-0.2, -0.15) is 0 Å². The molecule has 18 heavy (non-hydrogen) atoms. The number of aromatic nitrogens is 1. The van der Waals surface area contributed by atoms with E-state index < -0.39 is 12.2 Å². The summed E-state index contributed by atoms with van der Waals surface area (Å²) in [5.74, 6) is 0.545. The van der Waals surface area contributed by atoms with Crippen molar-refractivity contribution in [1.29, 1.82) is 0 Å². The Hall–Kier alpha value is -1.86. The van der Waals surface area contributed by atoms with E-state index in [1.54, 1.807) is 19.1 Å². The molecule has 7 heteroatoms. The third-order valence-electron chi connectivity index (χ3n) is 2.42. The number of hydrogen-bond donors (Lipinski definition) is 3. The number of anilines is 1. The molecular weight excluding hydrogens is 256 g/mol. The summed E-state index contributed by atoms with van der Waals surface area (Å²) < 4.78 is 5.88. The predicted octanol–water partition coefficient (Wildman–Crippen LogP) is 2.45. The number of aliphatic hydroxyl groups excluding tert-OH is 1. The largest absolute Gasteiger partial charge is 0.494 e. The number of carbonyl (C=O) groups is 1. The number of aliphatic hydroxyl groups is 1. The van der Waals surface area contributed by atoms with E-state index in [1.807, 2.05) is 0 Å². The molecule has 0 aliphatic heterocycles. The number of rotatable bonds is 3. The van der Waals surface area contributed by atoms with Crippen molar-refractivity contribution in [1.82, 2.24) is 4.98 Å². The van der Waals surface area contributed by atoms with Crippen LogP contribution < -0.4 is 10.1 Å². The molecule has 1 unspecified atom stereocenters. The molecule has 0 radical (unpaired) electrons. The molecule has 3 N–H and O–H groups in total. The molecule has 0 aliphatic carbocycles. The molecule has 2 rings (SSSR count). The van der Waals surface area contributed by atoms with E-state index in [0.29, 0.717) is 21.5 Å². The lowest BCUT2D eigenvalue weighted by Gasteiger charge is -2.07. The Bertz CT molecular complexity index is 594. The van der Waals surface area contributed by atoms with Crippen LogP contribution in [0.2, 0.25) is 0 Å². The highest BCUT2D eigenvalue weighted by atomic mass is 32.1. The SMILES string of the molecule is COc1ccc(C(C)O)c2sc(NC(=O)O)nc12. The minimum Gasteiger partial charge on any atom is -0.494 e. The van der Waals surface area contributed by atoms with Gasteiger partial charge in [-0.3, -0.25) is 5.32 Å². The maximum atomic E-state index is 10.6. The summed E-state index contributed by atoms with van der Waals surface area (Å²) in [6.45, 7) is 1.64. The number of nitrogens with one attached hydrogen (secondary N) is 1. The van der Waals surface area contributed by atoms with Crippen molar-refractivity contribution in [2.45, 2.75) is 13.0 Å². The molecule has 0 bridgehead atoms. The maximum Gasteiger partial charge on any atom is 0.410 e. The van der Waals surface area contributed by atoms with Gasteiger partial charge in [0.1, 0.15) is 11.3 Å². The lowest BCUT2D eigenvalue weighted by Crippen LogP contribution is -2.06. The van der Waals surface area contributed by atoms with Crippen LogP contribution in [0.5, 0.6) is 5.75 Å². The van der Waals surface area contributed by atoms with Crippen LogP contribution in [0.1, 0.15) is 18.6 Å². The Morgan fingerprint density at radius 2 is 2.28 bits per heavy atom. The lowest BCUT2D eigenvalue weighted by atomic mass is 10.1. The Morgan fingerprint density at radius 3 is 2.83 bits per heavy atom. The fourth-order valence-corrected chi connectivity index (χ4v) is 2.71. The van der Waals surface area contributed by atoms with Gasteiger partial charge in [0.05, 0.1) is 17.9 Å². The number of methoxy groups -OCH3 is 1. The predicted molar refractivity (Wildman–Crippen MR) is 68.5 cm³/mol. The summed E-state index contributed by atoms with van der Waals surface area (Å²) >= 11 is 1.17. The monoisotopic (exact) mass is 268 g/mol. The Morgan fingerprint density at radius 1 is 1.56 bits per heavy atom. The zero-order valence-electron chi connectivity index (χ0n) is 9.80. The number of thiazole rings is 1. The van der Waals surface area contributed by atoms with Gasteiger partial charge in [-0.25, -0.2) is 9.78 Å². The molecule has 6 nitrogen and oxygen atoms in total. The first-order chi connectivity index (χ1) is 8.52. The average molecular weight is 268 g/mol. The summed E-state index contributed by atoms with van der Waals surface area (Å²) in [7, 11) is 1.51. The first-order valence-electron chi connectivity index (χ1n) is 5.18. The quantitative estimate of drug-likeness (QED) is 0.795. The van der Waals surface area contributed by atoms with Crippen LogP contribution in [0.15, 0.2) is 12.1 Å². The number of fused-ring (bicyclic) bond motifs is 1. The van der Waals surface area contributed by atoms with Gasteiger partial charge in [0.15, 0.2) is 5.13 Å². The molecule has 1 amide bonds. The molecule has 0 spiro atoms. The number of benzene rings is 1. The highest BCUT2D eigenvalue weighted by Crippen LogP contribution is 2.37. The van der Waals surface area contributed by atoms with Crippen LogP contribution in [-0.4, -0.2) is 28.4 Å². The molecule has 1 heterocycles. The normalized spacial score (nSPS) is 12.4. The first kappa shape index (κ1) is 12.6. The molecule has 2 aromatic rings. The van der Waals surface area contributed by atoms with Gasteiger partial charge >= 0.3 is 6.09 Å². The van der Waals surface area contributed by atoms with Crippen LogP contribution in [0, 0.1) is 0 Å². The summed E-state index contributed by atoms with van der Waals surface area (Å²) in [5, 5.41) is 20.8. The number of carboxylic acid groups (broad SMARTS) is 1. The van der Waals surface area contributed by atoms with Gasteiger partial charge < -0.3 is 14.9 Å². The van der Waals surface area contributed by atoms with E-state index >= 15 is 0 Å². The topological polar surface area (TPSA) is 91.7 Å². The number of amides is 1. The molecule has 0 fully saturated rings. The minimum absolute atomic E-state index is 0.254. The molecule has 1 aromatic carbocycles. The third-order valence-corrected chi connectivity index (χ3v) is 3.44. The molecule has 0 saturated carbocycles. The van der Waals surface area contributed by atoms with Gasteiger partial charge in [-0.05, 0) is 13.0 Å². The number of nitrogens with zero attached hydrogens (tertiary/aromatic N) is 1. The Labute approximate surface area is 107 Å². The molecule has 96 valence electrons. The molecule has 1 aromatic heterocycles.